The van der Waals surface area contributed by atoms with Gasteiger partial charge in [0.1, 0.15) is 0 Å². The second-order valence-corrected chi connectivity index (χ2v) is 5.49. The highest BCUT2D eigenvalue weighted by Crippen LogP contribution is 2.08. The van der Waals surface area contributed by atoms with Gasteiger partial charge in [-0.1, -0.05) is 43.3 Å². The van der Waals surface area contributed by atoms with Crippen LogP contribution in [0.2, 0.25) is 0 Å². The maximum absolute atomic E-state index is 12.0. The second kappa shape index (κ2) is 8.35. The normalized spacial score (nSPS) is 10.5. The van der Waals surface area contributed by atoms with Gasteiger partial charge in [0.2, 0.25) is 0 Å². The summed E-state index contributed by atoms with van der Waals surface area (Å²) in [5.74, 6) is 0.00241. The van der Waals surface area contributed by atoms with E-state index in [9.17, 15) is 4.79 Å². The van der Waals surface area contributed by atoms with Crippen molar-refractivity contribution in [1.29, 1.82) is 0 Å². The van der Waals surface area contributed by atoms with Gasteiger partial charge in [0.05, 0.1) is 0 Å². The lowest BCUT2D eigenvalue weighted by molar-refractivity contribution is 0.0953. The molecule has 0 fully saturated rings. The van der Waals surface area contributed by atoms with E-state index in [1.54, 1.807) is 0 Å². The van der Waals surface area contributed by atoms with Crippen LogP contribution in [0.4, 0.5) is 0 Å². The molecule has 0 radical (unpaired) electrons. The van der Waals surface area contributed by atoms with Crippen molar-refractivity contribution in [3.05, 3.63) is 70.8 Å². The van der Waals surface area contributed by atoms with Crippen LogP contribution >= 0.6 is 0 Å². The molecule has 3 heteroatoms. The molecule has 2 aromatic rings. The lowest BCUT2D eigenvalue weighted by atomic mass is 10.1. The van der Waals surface area contributed by atoms with Crippen molar-refractivity contribution in [2.45, 2.75) is 33.4 Å². The largest absolute Gasteiger partial charge is 0.352 e. The molecule has 22 heavy (non-hydrogen) atoms. The molecule has 0 heterocycles. The Hall–Kier alpha value is -2.13. The predicted molar refractivity (Wildman–Crippen MR) is 90.8 cm³/mol. The average molecular weight is 296 g/mol. The first kappa shape index (κ1) is 16.2. The van der Waals surface area contributed by atoms with E-state index in [4.69, 9.17) is 0 Å². The summed E-state index contributed by atoms with van der Waals surface area (Å²) >= 11 is 0. The fourth-order valence-corrected chi connectivity index (χ4v) is 2.31. The summed E-state index contributed by atoms with van der Waals surface area (Å²) in [6, 6.07) is 16.2. The van der Waals surface area contributed by atoms with E-state index in [0.29, 0.717) is 6.54 Å². The van der Waals surface area contributed by atoms with Crippen molar-refractivity contribution >= 4 is 5.91 Å². The van der Waals surface area contributed by atoms with Crippen molar-refractivity contribution < 1.29 is 4.79 Å². The van der Waals surface area contributed by atoms with Gasteiger partial charge in [-0.15, -0.1) is 0 Å². The number of hydrogen-bond donors (Lipinski definition) is 2. The molecule has 2 aromatic carbocycles. The van der Waals surface area contributed by atoms with E-state index < -0.39 is 0 Å². The summed E-state index contributed by atoms with van der Waals surface area (Å²) in [6.45, 7) is 6.47. The zero-order valence-electron chi connectivity index (χ0n) is 13.4. The van der Waals surface area contributed by atoms with E-state index in [1.165, 1.54) is 11.1 Å². The minimum Gasteiger partial charge on any atom is -0.352 e. The maximum Gasteiger partial charge on any atom is 0.251 e. The summed E-state index contributed by atoms with van der Waals surface area (Å²) < 4.78 is 0. The molecule has 1 amide bonds. The monoisotopic (exact) mass is 296 g/mol. The van der Waals surface area contributed by atoms with Gasteiger partial charge in [-0.2, -0.15) is 0 Å². The quantitative estimate of drug-likeness (QED) is 0.822. The number of carbonyl (C=O) groups is 1. The minimum absolute atomic E-state index is 0.00241. The molecule has 0 bridgehead atoms. The highest BCUT2D eigenvalue weighted by molar-refractivity contribution is 5.94. The predicted octanol–water partition coefficient (Wildman–Crippen LogP) is 3.42. The van der Waals surface area contributed by atoms with Crippen molar-refractivity contribution in [2.24, 2.45) is 0 Å². The highest BCUT2D eigenvalue weighted by atomic mass is 16.1. The molecule has 2 rings (SSSR count). The standard InChI is InChI=1S/C19H24N2O/c1-3-11-21-19(22)17-10-6-8-16(12-17)13-20-14-18-9-5-4-7-15(18)2/h4-10,12,20H,3,11,13-14H2,1-2H3,(H,21,22). The number of benzene rings is 2. The van der Waals surface area contributed by atoms with Gasteiger partial charge in [0, 0.05) is 25.2 Å². The van der Waals surface area contributed by atoms with Crippen LogP contribution in [-0.4, -0.2) is 12.5 Å². The molecule has 116 valence electrons. The molecule has 0 aromatic heterocycles. The second-order valence-electron chi connectivity index (χ2n) is 5.49. The van der Waals surface area contributed by atoms with Crippen molar-refractivity contribution in [2.75, 3.05) is 6.54 Å². The Morgan fingerprint density at radius 2 is 1.86 bits per heavy atom. The fourth-order valence-electron chi connectivity index (χ4n) is 2.31. The number of aryl methyl sites for hydroxylation is 1. The molecule has 3 nitrogen and oxygen atoms in total. The minimum atomic E-state index is 0.00241. The van der Waals surface area contributed by atoms with E-state index in [-0.39, 0.29) is 5.91 Å². The Balaban J connectivity index is 1.90. The Morgan fingerprint density at radius 3 is 2.64 bits per heavy atom. The van der Waals surface area contributed by atoms with Gasteiger partial charge in [-0.25, -0.2) is 0 Å². The Morgan fingerprint density at radius 1 is 1.05 bits per heavy atom. The van der Waals surface area contributed by atoms with E-state index in [2.05, 4.69) is 41.8 Å². The molecular formula is C19H24N2O. The molecule has 0 saturated carbocycles. The molecule has 0 aliphatic carbocycles. The zero-order valence-corrected chi connectivity index (χ0v) is 13.4. The molecule has 2 N–H and O–H groups in total. The molecule has 0 spiro atoms. The van der Waals surface area contributed by atoms with Gasteiger partial charge in [-0.3, -0.25) is 4.79 Å². The summed E-state index contributed by atoms with van der Waals surface area (Å²) in [5, 5.41) is 6.34. The first-order valence-corrected chi connectivity index (χ1v) is 7.83. The molecule has 0 saturated heterocycles. The Kier molecular flexibility index (Phi) is 6.16. The highest BCUT2D eigenvalue weighted by Gasteiger charge is 2.05. The topological polar surface area (TPSA) is 41.1 Å². The lowest BCUT2D eigenvalue weighted by Crippen LogP contribution is -2.24. The third kappa shape index (κ3) is 4.71. The van der Waals surface area contributed by atoms with Crippen molar-refractivity contribution in [3.8, 4) is 0 Å². The molecule has 0 atom stereocenters. The lowest BCUT2D eigenvalue weighted by Gasteiger charge is -2.09. The Labute approximate surface area is 132 Å². The van der Waals surface area contributed by atoms with Crippen molar-refractivity contribution in [3.63, 3.8) is 0 Å². The third-order valence-electron chi connectivity index (χ3n) is 3.63. The zero-order chi connectivity index (χ0) is 15.8. The van der Waals surface area contributed by atoms with E-state index in [0.717, 1.165) is 30.6 Å². The maximum atomic E-state index is 12.0. The number of carbonyl (C=O) groups excluding carboxylic acids is 1. The van der Waals surface area contributed by atoms with Gasteiger partial charge in [0.15, 0.2) is 0 Å². The van der Waals surface area contributed by atoms with Crippen LogP contribution in [0.5, 0.6) is 0 Å². The number of rotatable bonds is 7. The summed E-state index contributed by atoms with van der Waals surface area (Å²) in [6.07, 6.45) is 0.948. The molecule has 0 aliphatic rings. The van der Waals surface area contributed by atoms with Gasteiger partial charge in [0.25, 0.3) is 5.91 Å². The number of nitrogens with one attached hydrogen (secondary N) is 2. The van der Waals surface area contributed by atoms with E-state index in [1.807, 2.05) is 31.2 Å². The average Bonchev–Trinajstić information content (AvgIpc) is 2.54. The van der Waals surface area contributed by atoms with Crippen LogP contribution in [0.3, 0.4) is 0 Å². The summed E-state index contributed by atoms with van der Waals surface area (Å²) in [4.78, 5) is 12.0. The van der Waals surface area contributed by atoms with Gasteiger partial charge >= 0.3 is 0 Å². The van der Waals surface area contributed by atoms with Crippen molar-refractivity contribution in [1.82, 2.24) is 10.6 Å². The summed E-state index contributed by atoms with van der Waals surface area (Å²) in [7, 11) is 0. The number of hydrogen-bond acceptors (Lipinski definition) is 2. The van der Waals surface area contributed by atoms with E-state index >= 15 is 0 Å². The fraction of sp³-hybridized carbons (Fsp3) is 0.316. The van der Waals surface area contributed by atoms with Gasteiger partial charge in [-0.05, 0) is 42.2 Å². The first-order chi connectivity index (χ1) is 10.7. The van der Waals surface area contributed by atoms with Crippen LogP contribution in [0, 0.1) is 6.92 Å². The van der Waals surface area contributed by atoms with Crippen LogP contribution in [-0.2, 0) is 13.1 Å². The SMILES string of the molecule is CCCNC(=O)c1cccc(CNCc2ccccc2C)c1. The molecule has 0 aliphatic heterocycles. The number of amides is 1. The smallest absolute Gasteiger partial charge is 0.251 e. The third-order valence-corrected chi connectivity index (χ3v) is 3.63. The summed E-state index contributed by atoms with van der Waals surface area (Å²) in [5.41, 5.74) is 4.45. The van der Waals surface area contributed by atoms with Crippen LogP contribution in [0.15, 0.2) is 48.5 Å². The molecule has 0 unspecified atom stereocenters. The van der Waals surface area contributed by atoms with Crippen LogP contribution < -0.4 is 10.6 Å². The van der Waals surface area contributed by atoms with Crippen LogP contribution in [0.25, 0.3) is 0 Å². The molecular weight excluding hydrogens is 272 g/mol. The van der Waals surface area contributed by atoms with Gasteiger partial charge < -0.3 is 10.6 Å². The van der Waals surface area contributed by atoms with Crippen LogP contribution in [0.1, 0.15) is 40.4 Å². The first-order valence-electron chi connectivity index (χ1n) is 7.83. The Bertz CT molecular complexity index is 622.